The summed E-state index contributed by atoms with van der Waals surface area (Å²) in [5.74, 6) is 1.10. The lowest BCUT2D eigenvalue weighted by molar-refractivity contribution is -0.146. The highest BCUT2D eigenvalue weighted by Crippen LogP contribution is 2.39. The fourth-order valence-corrected chi connectivity index (χ4v) is 4.93. The van der Waals surface area contributed by atoms with E-state index in [2.05, 4.69) is 9.88 Å². The van der Waals surface area contributed by atoms with Crippen LogP contribution in [0.1, 0.15) is 31.4 Å². The highest BCUT2D eigenvalue weighted by Gasteiger charge is 2.45. The fraction of sp³-hybridized carbons (Fsp3) is 0.682. The number of piperidine rings is 1. The summed E-state index contributed by atoms with van der Waals surface area (Å²) in [5, 5.41) is 0. The van der Waals surface area contributed by atoms with E-state index < -0.39 is 5.82 Å². The van der Waals surface area contributed by atoms with Crippen molar-refractivity contribution < 1.29 is 18.7 Å². The highest BCUT2D eigenvalue weighted by atomic mass is 19.1. The van der Waals surface area contributed by atoms with Crippen molar-refractivity contribution in [1.82, 2.24) is 14.8 Å². The smallest absolute Gasteiger partial charge is 0.228 e. The molecule has 7 heteroatoms. The van der Waals surface area contributed by atoms with E-state index >= 15 is 0 Å². The Balaban J connectivity index is 1.42. The van der Waals surface area contributed by atoms with E-state index in [1.54, 1.807) is 13.2 Å². The second-order valence-corrected chi connectivity index (χ2v) is 8.78. The van der Waals surface area contributed by atoms with Crippen molar-refractivity contribution in [2.75, 3.05) is 39.9 Å². The Morgan fingerprint density at radius 3 is 2.72 bits per heavy atom. The third kappa shape index (κ3) is 4.77. The molecule has 1 saturated carbocycles. The summed E-state index contributed by atoms with van der Waals surface area (Å²) < 4.78 is 18.5. The molecule has 2 saturated heterocycles. The number of pyridine rings is 1. The van der Waals surface area contributed by atoms with Crippen LogP contribution in [-0.2, 0) is 20.7 Å². The van der Waals surface area contributed by atoms with E-state index in [4.69, 9.17) is 4.74 Å². The van der Waals surface area contributed by atoms with Crippen molar-refractivity contribution in [2.24, 2.45) is 23.7 Å². The van der Waals surface area contributed by atoms with Crippen LogP contribution in [0.3, 0.4) is 0 Å². The number of hydrogen-bond acceptors (Lipinski definition) is 4. The molecule has 0 aromatic carbocycles. The number of fused-ring (bicyclic) bond motifs is 1. The van der Waals surface area contributed by atoms with E-state index in [0.717, 1.165) is 25.7 Å². The van der Waals surface area contributed by atoms with E-state index in [1.807, 2.05) is 4.90 Å². The minimum absolute atomic E-state index is 0.00617. The predicted molar refractivity (Wildman–Crippen MR) is 105 cm³/mol. The monoisotopic (exact) mass is 403 g/mol. The van der Waals surface area contributed by atoms with Gasteiger partial charge < -0.3 is 14.5 Å². The van der Waals surface area contributed by atoms with Crippen LogP contribution < -0.4 is 0 Å². The van der Waals surface area contributed by atoms with Crippen LogP contribution in [0.2, 0.25) is 0 Å². The van der Waals surface area contributed by atoms with Gasteiger partial charge >= 0.3 is 0 Å². The van der Waals surface area contributed by atoms with E-state index in [9.17, 15) is 14.0 Å². The molecule has 1 aromatic heterocycles. The number of ether oxygens (including phenoxy) is 1. The van der Waals surface area contributed by atoms with E-state index in [0.29, 0.717) is 43.6 Å². The maximum Gasteiger partial charge on any atom is 0.228 e. The van der Waals surface area contributed by atoms with Gasteiger partial charge in [0, 0.05) is 50.8 Å². The predicted octanol–water partition coefficient (Wildman–Crippen LogP) is 2.13. The van der Waals surface area contributed by atoms with Gasteiger partial charge in [-0.1, -0.05) is 0 Å². The topological polar surface area (TPSA) is 62.7 Å². The first-order valence-corrected chi connectivity index (χ1v) is 10.7. The lowest BCUT2D eigenvalue weighted by atomic mass is 9.74. The normalized spacial score (nSPS) is 27.5. The molecule has 0 N–H and O–H groups in total. The van der Waals surface area contributed by atoms with Crippen LogP contribution in [0, 0.1) is 29.5 Å². The minimum Gasteiger partial charge on any atom is -0.384 e. The summed E-state index contributed by atoms with van der Waals surface area (Å²) in [7, 11) is 1.72. The van der Waals surface area contributed by atoms with Crippen molar-refractivity contribution in [3.8, 4) is 0 Å². The number of rotatable bonds is 6. The third-order valence-electron chi connectivity index (χ3n) is 6.68. The zero-order valence-electron chi connectivity index (χ0n) is 17.1. The number of methoxy groups -OCH3 is 1. The molecule has 158 valence electrons. The highest BCUT2D eigenvalue weighted by molar-refractivity contribution is 5.81. The minimum atomic E-state index is -0.404. The molecule has 1 aliphatic carbocycles. The van der Waals surface area contributed by atoms with Gasteiger partial charge in [0.05, 0.1) is 19.2 Å². The molecule has 4 rings (SSSR count). The molecular weight excluding hydrogens is 373 g/mol. The molecule has 0 unspecified atom stereocenters. The molecule has 0 radical (unpaired) electrons. The Kier molecular flexibility index (Phi) is 6.13. The van der Waals surface area contributed by atoms with Gasteiger partial charge in [0.2, 0.25) is 11.8 Å². The SMILES string of the molecule is COC[C@H]1CN(CC2CC2)C(=O)[C@H]2CCN(C(=O)Cc3ccc(F)cn3)CC[C@@H]12. The van der Waals surface area contributed by atoms with Gasteiger partial charge in [0.1, 0.15) is 5.82 Å². The molecule has 6 nitrogen and oxygen atoms in total. The van der Waals surface area contributed by atoms with Crippen LogP contribution in [0.15, 0.2) is 18.3 Å². The Morgan fingerprint density at radius 1 is 1.24 bits per heavy atom. The summed E-state index contributed by atoms with van der Waals surface area (Å²) >= 11 is 0. The zero-order valence-corrected chi connectivity index (χ0v) is 17.1. The Bertz CT molecular complexity index is 737. The molecule has 0 bridgehead atoms. The van der Waals surface area contributed by atoms with Gasteiger partial charge in [0.25, 0.3) is 0 Å². The Hall–Kier alpha value is -2.02. The Morgan fingerprint density at radius 2 is 2.03 bits per heavy atom. The molecule has 3 aliphatic rings. The van der Waals surface area contributed by atoms with Crippen molar-refractivity contribution in [2.45, 2.75) is 32.1 Å². The van der Waals surface area contributed by atoms with Gasteiger partial charge in [-0.05, 0) is 49.7 Å². The molecule has 2 aliphatic heterocycles. The quantitative estimate of drug-likeness (QED) is 0.730. The van der Waals surface area contributed by atoms with Crippen LogP contribution in [0.25, 0.3) is 0 Å². The summed E-state index contributed by atoms with van der Waals surface area (Å²) in [6.07, 6.45) is 5.29. The molecule has 1 aromatic rings. The summed E-state index contributed by atoms with van der Waals surface area (Å²) in [5.41, 5.74) is 0.571. The summed E-state index contributed by atoms with van der Waals surface area (Å²) in [6, 6.07) is 2.88. The van der Waals surface area contributed by atoms with Crippen molar-refractivity contribution in [3.63, 3.8) is 0 Å². The first kappa shape index (κ1) is 20.3. The number of nitrogens with zero attached hydrogens (tertiary/aromatic N) is 3. The summed E-state index contributed by atoms with van der Waals surface area (Å²) in [4.78, 5) is 33.9. The number of likely N-dealkylation sites (tertiary alicyclic amines) is 2. The number of carbonyl (C=O) groups excluding carboxylic acids is 2. The van der Waals surface area contributed by atoms with Gasteiger partial charge in [-0.2, -0.15) is 0 Å². The maximum atomic E-state index is 13.2. The molecule has 3 atom stereocenters. The zero-order chi connectivity index (χ0) is 20.4. The van der Waals surface area contributed by atoms with E-state index in [1.165, 1.54) is 18.9 Å². The fourth-order valence-electron chi connectivity index (χ4n) is 4.93. The summed E-state index contributed by atoms with van der Waals surface area (Å²) in [6.45, 7) is 3.54. The van der Waals surface area contributed by atoms with Crippen LogP contribution in [-0.4, -0.2) is 66.5 Å². The average molecular weight is 403 g/mol. The van der Waals surface area contributed by atoms with Crippen LogP contribution >= 0.6 is 0 Å². The maximum absolute atomic E-state index is 13.2. The number of aromatic nitrogens is 1. The van der Waals surface area contributed by atoms with Crippen LogP contribution in [0.5, 0.6) is 0 Å². The molecule has 29 heavy (non-hydrogen) atoms. The van der Waals surface area contributed by atoms with Crippen molar-refractivity contribution in [3.05, 3.63) is 29.8 Å². The third-order valence-corrected chi connectivity index (χ3v) is 6.68. The first-order valence-electron chi connectivity index (χ1n) is 10.7. The second kappa shape index (κ2) is 8.78. The number of carbonyl (C=O) groups is 2. The molecule has 2 amide bonds. The molecule has 0 spiro atoms. The number of hydrogen-bond donors (Lipinski definition) is 0. The van der Waals surface area contributed by atoms with Crippen molar-refractivity contribution >= 4 is 11.8 Å². The average Bonchev–Trinajstić information content (AvgIpc) is 3.53. The van der Waals surface area contributed by atoms with Gasteiger partial charge in [-0.15, -0.1) is 0 Å². The lowest BCUT2D eigenvalue weighted by Crippen LogP contribution is -2.52. The lowest BCUT2D eigenvalue weighted by Gasteiger charge is -2.42. The number of amides is 2. The molecular formula is C22H30FN3O3. The van der Waals surface area contributed by atoms with E-state index in [-0.39, 0.29) is 30.1 Å². The van der Waals surface area contributed by atoms with Crippen molar-refractivity contribution in [1.29, 1.82) is 0 Å². The van der Waals surface area contributed by atoms with Gasteiger partial charge in [-0.25, -0.2) is 4.39 Å². The second-order valence-electron chi connectivity index (χ2n) is 8.78. The standard InChI is InChI=1S/C22H30FN3O3/c1-29-14-16-13-26(12-15-2-3-15)22(28)20-7-9-25(8-6-19(16)20)21(27)10-18-5-4-17(23)11-24-18/h4-5,11,15-16,19-20H,2-3,6-10,12-14H2,1H3/t16-,19+,20+/m1/s1. The van der Waals surface area contributed by atoms with Crippen LogP contribution in [0.4, 0.5) is 4.39 Å². The molecule has 3 fully saturated rings. The first-order chi connectivity index (χ1) is 14.0. The van der Waals surface area contributed by atoms with Gasteiger partial charge in [-0.3, -0.25) is 14.6 Å². The molecule has 3 heterocycles. The largest absolute Gasteiger partial charge is 0.384 e. The number of halogens is 1. The van der Waals surface area contributed by atoms with Gasteiger partial charge in [0.15, 0.2) is 0 Å². The Labute approximate surface area is 171 Å².